The molecule has 0 saturated heterocycles. The molecule has 1 aromatic heterocycles. The van der Waals surface area contributed by atoms with Crippen molar-refractivity contribution in [3.8, 4) is 5.75 Å². The van der Waals surface area contributed by atoms with Gasteiger partial charge in [-0.05, 0) is 42.3 Å². The SMILES string of the molecule is CC(C)CNC(=O)c1ccccc1NC(=O)Cn1c(COc2ccccc2)nc2ccccc21. The topological polar surface area (TPSA) is 85.2 Å². The molecular formula is C27H28N4O3. The van der Waals surface area contributed by atoms with Gasteiger partial charge in [-0.25, -0.2) is 4.98 Å². The van der Waals surface area contributed by atoms with E-state index in [1.807, 2.05) is 73.0 Å². The molecule has 0 fully saturated rings. The fourth-order valence-corrected chi connectivity index (χ4v) is 3.59. The van der Waals surface area contributed by atoms with E-state index in [2.05, 4.69) is 15.6 Å². The summed E-state index contributed by atoms with van der Waals surface area (Å²) in [6.07, 6.45) is 0. The number of anilines is 1. The molecule has 3 aromatic carbocycles. The summed E-state index contributed by atoms with van der Waals surface area (Å²) in [6, 6.07) is 24.1. The number of carbonyl (C=O) groups is 2. The fourth-order valence-electron chi connectivity index (χ4n) is 3.59. The Morgan fingerprint density at radius 1 is 0.941 bits per heavy atom. The van der Waals surface area contributed by atoms with Gasteiger partial charge in [0.25, 0.3) is 5.91 Å². The maximum Gasteiger partial charge on any atom is 0.253 e. The van der Waals surface area contributed by atoms with Gasteiger partial charge in [0.05, 0.1) is 22.3 Å². The van der Waals surface area contributed by atoms with Gasteiger partial charge >= 0.3 is 0 Å². The minimum Gasteiger partial charge on any atom is -0.486 e. The first-order valence-corrected chi connectivity index (χ1v) is 11.3. The number of nitrogens with zero attached hydrogens (tertiary/aromatic N) is 2. The zero-order chi connectivity index (χ0) is 23.9. The van der Waals surface area contributed by atoms with Gasteiger partial charge in [0, 0.05) is 6.54 Å². The number of carbonyl (C=O) groups excluding carboxylic acids is 2. The molecule has 7 heteroatoms. The number of imidazole rings is 1. The molecule has 0 radical (unpaired) electrons. The van der Waals surface area contributed by atoms with Crippen LogP contribution in [0.25, 0.3) is 11.0 Å². The third-order valence-corrected chi connectivity index (χ3v) is 5.26. The van der Waals surface area contributed by atoms with E-state index >= 15 is 0 Å². The number of amides is 2. The van der Waals surface area contributed by atoms with E-state index in [4.69, 9.17) is 4.74 Å². The molecule has 0 aliphatic rings. The van der Waals surface area contributed by atoms with Crippen molar-refractivity contribution in [1.29, 1.82) is 0 Å². The summed E-state index contributed by atoms with van der Waals surface area (Å²) in [6.45, 7) is 4.88. The molecule has 0 bridgehead atoms. The highest BCUT2D eigenvalue weighted by Crippen LogP contribution is 2.20. The molecule has 2 amide bonds. The minimum absolute atomic E-state index is 0.0376. The number of ether oxygens (including phenoxy) is 1. The van der Waals surface area contributed by atoms with E-state index in [0.29, 0.717) is 29.5 Å². The predicted molar refractivity (Wildman–Crippen MR) is 133 cm³/mol. The molecule has 2 N–H and O–H groups in total. The van der Waals surface area contributed by atoms with E-state index < -0.39 is 0 Å². The summed E-state index contributed by atoms with van der Waals surface area (Å²) >= 11 is 0. The summed E-state index contributed by atoms with van der Waals surface area (Å²) in [5.41, 5.74) is 2.53. The molecule has 174 valence electrons. The molecule has 4 aromatic rings. The van der Waals surface area contributed by atoms with Gasteiger partial charge in [-0.2, -0.15) is 0 Å². The van der Waals surface area contributed by atoms with Crippen LogP contribution >= 0.6 is 0 Å². The Balaban J connectivity index is 1.53. The lowest BCUT2D eigenvalue weighted by atomic mass is 10.1. The lowest BCUT2D eigenvalue weighted by Crippen LogP contribution is -2.29. The molecule has 0 spiro atoms. The van der Waals surface area contributed by atoms with Crippen molar-refractivity contribution in [3.63, 3.8) is 0 Å². The summed E-state index contributed by atoms with van der Waals surface area (Å²) in [7, 11) is 0. The Morgan fingerprint density at radius 2 is 1.65 bits per heavy atom. The van der Waals surface area contributed by atoms with Crippen molar-refractivity contribution in [2.45, 2.75) is 27.0 Å². The molecule has 0 aliphatic carbocycles. The third-order valence-electron chi connectivity index (χ3n) is 5.26. The van der Waals surface area contributed by atoms with Crippen molar-refractivity contribution in [3.05, 3.63) is 90.3 Å². The number of para-hydroxylation sites is 4. The Morgan fingerprint density at radius 3 is 2.44 bits per heavy atom. The number of aromatic nitrogens is 2. The lowest BCUT2D eigenvalue weighted by Gasteiger charge is -2.14. The molecule has 1 heterocycles. The molecule has 4 rings (SSSR count). The molecule has 7 nitrogen and oxygen atoms in total. The maximum atomic E-state index is 13.1. The van der Waals surface area contributed by atoms with Gasteiger partial charge in [-0.15, -0.1) is 0 Å². The quantitative estimate of drug-likeness (QED) is 0.384. The summed E-state index contributed by atoms with van der Waals surface area (Å²) in [4.78, 5) is 30.4. The number of hydrogen-bond donors (Lipinski definition) is 2. The minimum atomic E-state index is -0.256. The zero-order valence-electron chi connectivity index (χ0n) is 19.3. The van der Waals surface area contributed by atoms with Gasteiger partial charge in [-0.1, -0.05) is 56.3 Å². The molecule has 34 heavy (non-hydrogen) atoms. The standard InChI is InChI=1S/C27H28N4O3/c1-19(2)16-28-27(33)21-12-6-7-13-22(21)30-26(32)17-31-24-15-9-8-14-23(24)29-25(31)18-34-20-10-4-3-5-11-20/h3-15,19H,16-18H2,1-2H3,(H,28,33)(H,30,32). The molecule has 0 saturated carbocycles. The van der Waals surface area contributed by atoms with Crippen molar-refractivity contribution in [2.75, 3.05) is 11.9 Å². The number of nitrogens with one attached hydrogen (secondary N) is 2. The van der Waals surface area contributed by atoms with Crippen LogP contribution in [0.3, 0.4) is 0 Å². The van der Waals surface area contributed by atoms with E-state index in [1.54, 1.807) is 24.3 Å². The first-order valence-electron chi connectivity index (χ1n) is 11.3. The average Bonchev–Trinajstić information content (AvgIpc) is 3.19. The van der Waals surface area contributed by atoms with Crippen molar-refractivity contribution >= 4 is 28.5 Å². The van der Waals surface area contributed by atoms with E-state index in [-0.39, 0.29) is 25.0 Å². The summed E-state index contributed by atoms with van der Waals surface area (Å²) in [5, 5.41) is 5.80. The first-order chi connectivity index (χ1) is 16.5. The van der Waals surface area contributed by atoms with Crippen LogP contribution in [-0.4, -0.2) is 27.9 Å². The van der Waals surface area contributed by atoms with Crippen molar-refractivity contribution in [2.24, 2.45) is 5.92 Å². The molecular weight excluding hydrogens is 428 g/mol. The van der Waals surface area contributed by atoms with E-state index in [1.165, 1.54) is 0 Å². The largest absolute Gasteiger partial charge is 0.486 e. The predicted octanol–water partition coefficient (Wildman–Crippen LogP) is 4.64. The summed E-state index contributed by atoms with van der Waals surface area (Å²) in [5.74, 6) is 1.23. The van der Waals surface area contributed by atoms with Crippen LogP contribution in [0.15, 0.2) is 78.9 Å². The Bertz CT molecular complexity index is 1280. The normalized spacial score (nSPS) is 10.9. The number of rotatable bonds is 9. The fraction of sp³-hybridized carbons (Fsp3) is 0.222. The highest BCUT2D eigenvalue weighted by Gasteiger charge is 2.17. The number of fused-ring (bicyclic) bond motifs is 1. The van der Waals surface area contributed by atoms with Crippen LogP contribution in [0, 0.1) is 5.92 Å². The van der Waals surface area contributed by atoms with Crippen LogP contribution in [0.1, 0.15) is 30.0 Å². The van der Waals surface area contributed by atoms with Crippen LogP contribution in [0.4, 0.5) is 5.69 Å². The van der Waals surface area contributed by atoms with Crippen LogP contribution in [0.5, 0.6) is 5.75 Å². The van der Waals surface area contributed by atoms with Crippen molar-refractivity contribution < 1.29 is 14.3 Å². The smallest absolute Gasteiger partial charge is 0.253 e. The van der Waals surface area contributed by atoms with Crippen molar-refractivity contribution in [1.82, 2.24) is 14.9 Å². The Labute approximate surface area is 198 Å². The van der Waals surface area contributed by atoms with E-state index in [9.17, 15) is 9.59 Å². The second kappa shape index (κ2) is 10.7. The van der Waals surface area contributed by atoms with Gasteiger partial charge in [0.1, 0.15) is 24.7 Å². The molecule has 0 aliphatic heterocycles. The maximum absolute atomic E-state index is 13.1. The Kier molecular flexibility index (Phi) is 7.22. The number of benzene rings is 3. The van der Waals surface area contributed by atoms with Gasteiger partial charge in [0.15, 0.2) is 0 Å². The lowest BCUT2D eigenvalue weighted by molar-refractivity contribution is -0.116. The van der Waals surface area contributed by atoms with Gasteiger partial charge < -0.3 is 19.9 Å². The van der Waals surface area contributed by atoms with Gasteiger partial charge in [0.2, 0.25) is 5.91 Å². The third kappa shape index (κ3) is 5.61. The first kappa shape index (κ1) is 23.0. The Hall–Kier alpha value is -4.13. The highest BCUT2D eigenvalue weighted by atomic mass is 16.5. The summed E-state index contributed by atoms with van der Waals surface area (Å²) < 4.78 is 7.73. The average molecular weight is 457 g/mol. The number of hydrogen-bond acceptors (Lipinski definition) is 4. The van der Waals surface area contributed by atoms with Gasteiger partial charge in [-0.3, -0.25) is 9.59 Å². The van der Waals surface area contributed by atoms with Crippen LogP contribution < -0.4 is 15.4 Å². The molecule has 0 atom stereocenters. The highest BCUT2D eigenvalue weighted by molar-refractivity contribution is 6.03. The second-order valence-corrected chi connectivity index (χ2v) is 8.40. The van der Waals surface area contributed by atoms with E-state index in [0.717, 1.165) is 16.8 Å². The van der Waals surface area contributed by atoms with Crippen LogP contribution in [-0.2, 0) is 17.9 Å². The van der Waals surface area contributed by atoms with Crippen LogP contribution in [0.2, 0.25) is 0 Å². The second-order valence-electron chi connectivity index (χ2n) is 8.40. The monoisotopic (exact) mass is 456 g/mol. The molecule has 0 unspecified atom stereocenters. The zero-order valence-corrected chi connectivity index (χ0v) is 19.3.